The zero-order chi connectivity index (χ0) is 29.8. The van der Waals surface area contributed by atoms with Crippen molar-refractivity contribution in [1.82, 2.24) is 15.3 Å². The molecule has 3 aliphatic rings. The standard InChI is InChI=1S/C34H43N5O4/c40-30(35-20-22-14-16-24(17-15-22)36-34-37-27-11-5-6-12-28(27)38-34)21-39-29-13-7-4-10-25(29)26(18-19-31(39)41)32(33(42)43)23-8-2-1-3-9-23/h4-7,10-13,22-24,26,32H,1-3,8-9,14-21H2,(H,35,40)(H,42,43)(H2,36,37,38). The molecule has 9 heteroatoms. The number of imidazole rings is 1. The average molecular weight is 586 g/mol. The Balaban J connectivity index is 1.05. The van der Waals surface area contributed by atoms with Crippen molar-refractivity contribution in [1.29, 1.82) is 0 Å². The van der Waals surface area contributed by atoms with Crippen molar-refractivity contribution in [3.05, 3.63) is 54.1 Å². The number of amides is 2. The molecular formula is C34H43N5O4. The third-order valence-corrected chi connectivity index (χ3v) is 9.94. The van der Waals surface area contributed by atoms with E-state index in [-0.39, 0.29) is 36.6 Å². The van der Waals surface area contributed by atoms with Crippen LogP contribution in [0.5, 0.6) is 0 Å². The number of fused-ring (bicyclic) bond motifs is 2. The number of H-pyrrole nitrogens is 1. The van der Waals surface area contributed by atoms with Gasteiger partial charge >= 0.3 is 5.97 Å². The molecule has 4 N–H and O–H groups in total. The van der Waals surface area contributed by atoms with E-state index < -0.39 is 11.9 Å². The number of para-hydroxylation sites is 3. The fourth-order valence-corrected chi connectivity index (χ4v) is 7.68. The van der Waals surface area contributed by atoms with Crippen LogP contribution in [0, 0.1) is 17.8 Å². The van der Waals surface area contributed by atoms with Crippen LogP contribution in [0.15, 0.2) is 48.5 Å². The van der Waals surface area contributed by atoms with Crippen molar-refractivity contribution in [2.45, 2.75) is 82.6 Å². The van der Waals surface area contributed by atoms with Gasteiger partial charge in [-0.05, 0) is 86.5 Å². The second-order valence-corrected chi connectivity index (χ2v) is 12.7. The number of nitrogens with zero attached hydrogens (tertiary/aromatic N) is 2. The summed E-state index contributed by atoms with van der Waals surface area (Å²) in [5.74, 6) is -0.499. The van der Waals surface area contributed by atoms with Gasteiger partial charge in [0, 0.05) is 24.7 Å². The smallest absolute Gasteiger partial charge is 0.307 e. The Morgan fingerprint density at radius 1 is 0.953 bits per heavy atom. The normalized spacial score (nSPS) is 23.8. The van der Waals surface area contributed by atoms with Crippen LogP contribution in [0.4, 0.5) is 11.6 Å². The highest BCUT2D eigenvalue weighted by Crippen LogP contribution is 2.45. The molecule has 0 radical (unpaired) electrons. The van der Waals surface area contributed by atoms with Gasteiger partial charge in [-0.3, -0.25) is 14.4 Å². The number of nitrogens with one attached hydrogen (secondary N) is 3. The first kappa shape index (κ1) is 29.2. The van der Waals surface area contributed by atoms with Crippen molar-refractivity contribution in [2.24, 2.45) is 17.8 Å². The summed E-state index contributed by atoms with van der Waals surface area (Å²) in [6.07, 6.45) is 9.88. The number of aliphatic carboxylic acids is 1. The van der Waals surface area contributed by atoms with Gasteiger partial charge in [0.1, 0.15) is 6.54 Å². The number of rotatable bonds is 9. The number of carbonyl (C=O) groups is 3. The van der Waals surface area contributed by atoms with Crippen LogP contribution in [0.2, 0.25) is 0 Å². The minimum atomic E-state index is -0.771. The maximum Gasteiger partial charge on any atom is 0.307 e. The minimum absolute atomic E-state index is 0.0489. The van der Waals surface area contributed by atoms with E-state index in [4.69, 9.17) is 0 Å². The van der Waals surface area contributed by atoms with Crippen LogP contribution in [0.25, 0.3) is 11.0 Å². The van der Waals surface area contributed by atoms with Crippen LogP contribution >= 0.6 is 0 Å². The maximum absolute atomic E-state index is 13.4. The third-order valence-electron chi connectivity index (χ3n) is 9.94. The molecule has 1 aromatic heterocycles. The van der Waals surface area contributed by atoms with E-state index in [9.17, 15) is 19.5 Å². The summed E-state index contributed by atoms with van der Waals surface area (Å²) < 4.78 is 0. The van der Waals surface area contributed by atoms with E-state index in [2.05, 4.69) is 20.6 Å². The van der Waals surface area contributed by atoms with Gasteiger partial charge in [0.05, 0.1) is 17.0 Å². The minimum Gasteiger partial charge on any atom is -0.481 e. The number of carboxylic acid groups (broad SMARTS) is 1. The molecular weight excluding hydrogens is 542 g/mol. The molecule has 1 aliphatic heterocycles. The van der Waals surface area contributed by atoms with E-state index in [0.717, 1.165) is 80.3 Å². The summed E-state index contributed by atoms with van der Waals surface area (Å²) in [5, 5.41) is 16.9. The lowest BCUT2D eigenvalue weighted by atomic mass is 9.70. The number of hydrogen-bond acceptors (Lipinski definition) is 5. The Labute approximate surface area is 252 Å². The summed E-state index contributed by atoms with van der Waals surface area (Å²) in [6.45, 7) is 0.540. The largest absolute Gasteiger partial charge is 0.481 e. The molecule has 2 heterocycles. The molecule has 2 unspecified atom stereocenters. The Kier molecular flexibility index (Phi) is 8.95. The van der Waals surface area contributed by atoms with E-state index in [1.54, 1.807) is 4.90 Å². The van der Waals surface area contributed by atoms with E-state index in [0.29, 0.717) is 30.6 Å². The number of aromatic amines is 1. The lowest BCUT2D eigenvalue weighted by Crippen LogP contribution is -2.42. The van der Waals surface area contributed by atoms with E-state index >= 15 is 0 Å². The molecule has 2 atom stereocenters. The van der Waals surface area contributed by atoms with Gasteiger partial charge in [-0.1, -0.05) is 49.6 Å². The summed E-state index contributed by atoms with van der Waals surface area (Å²) in [7, 11) is 0. The molecule has 228 valence electrons. The van der Waals surface area contributed by atoms with E-state index in [1.165, 1.54) is 0 Å². The van der Waals surface area contributed by atoms with Gasteiger partial charge in [-0.25, -0.2) is 4.98 Å². The first-order valence-corrected chi connectivity index (χ1v) is 16.1. The highest BCUT2D eigenvalue weighted by Gasteiger charge is 2.40. The topological polar surface area (TPSA) is 127 Å². The number of benzene rings is 2. The molecule has 2 amide bonds. The molecule has 9 nitrogen and oxygen atoms in total. The van der Waals surface area contributed by atoms with Gasteiger partial charge in [-0.2, -0.15) is 0 Å². The van der Waals surface area contributed by atoms with Gasteiger partial charge in [-0.15, -0.1) is 0 Å². The Bertz CT molecular complexity index is 1410. The first-order valence-electron chi connectivity index (χ1n) is 16.1. The highest BCUT2D eigenvalue weighted by molar-refractivity contribution is 6.00. The average Bonchev–Trinajstić information content (AvgIpc) is 3.38. The maximum atomic E-state index is 13.4. The monoisotopic (exact) mass is 585 g/mol. The molecule has 2 aliphatic carbocycles. The number of carbonyl (C=O) groups excluding carboxylic acids is 2. The summed E-state index contributed by atoms with van der Waals surface area (Å²) in [4.78, 5) is 48.6. The Hall–Kier alpha value is -3.88. The van der Waals surface area contributed by atoms with Crippen LogP contribution in [0.3, 0.4) is 0 Å². The number of carboxylic acids is 1. The van der Waals surface area contributed by atoms with Crippen LogP contribution in [-0.4, -0.2) is 52.0 Å². The molecule has 0 saturated heterocycles. The molecule has 3 aromatic rings. The lowest BCUT2D eigenvalue weighted by Gasteiger charge is -2.33. The second kappa shape index (κ2) is 13.2. The van der Waals surface area contributed by atoms with Gasteiger partial charge in [0.25, 0.3) is 0 Å². The summed E-state index contributed by atoms with van der Waals surface area (Å²) >= 11 is 0. The number of hydrogen-bond donors (Lipinski definition) is 4. The van der Waals surface area contributed by atoms with Crippen molar-refractivity contribution in [3.8, 4) is 0 Å². The SMILES string of the molecule is O=C(CN1C(=O)CCC(C(C(=O)O)C2CCCCC2)c2ccccc21)NCC1CCC(Nc2nc3ccccc3[nH]2)CC1. The highest BCUT2D eigenvalue weighted by atomic mass is 16.4. The van der Waals surface area contributed by atoms with Gasteiger partial charge in [0.15, 0.2) is 0 Å². The van der Waals surface area contributed by atoms with E-state index in [1.807, 2.05) is 48.5 Å². The first-order chi connectivity index (χ1) is 21.0. The number of anilines is 2. The quantitative estimate of drug-likeness (QED) is 0.250. The molecule has 6 rings (SSSR count). The molecule has 0 spiro atoms. The fourth-order valence-electron chi connectivity index (χ4n) is 7.68. The van der Waals surface area contributed by atoms with Crippen molar-refractivity contribution < 1.29 is 19.5 Å². The van der Waals surface area contributed by atoms with Crippen molar-refractivity contribution in [2.75, 3.05) is 23.3 Å². The molecule has 0 bridgehead atoms. The van der Waals surface area contributed by atoms with Gasteiger partial charge < -0.3 is 25.6 Å². The number of aromatic nitrogens is 2. The summed E-state index contributed by atoms with van der Waals surface area (Å²) in [5.41, 5.74) is 3.54. The molecule has 2 saturated carbocycles. The Morgan fingerprint density at radius 2 is 1.70 bits per heavy atom. The zero-order valence-electron chi connectivity index (χ0n) is 24.8. The zero-order valence-corrected chi connectivity index (χ0v) is 24.8. The third kappa shape index (κ3) is 6.71. The molecule has 2 fully saturated rings. The van der Waals surface area contributed by atoms with Crippen molar-refractivity contribution >= 4 is 40.5 Å². The Morgan fingerprint density at radius 3 is 2.47 bits per heavy atom. The molecule has 43 heavy (non-hydrogen) atoms. The van der Waals surface area contributed by atoms with Crippen LogP contribution in [-0.2, 0) is 14.4 Å². The predicted molar refractivity (Wildman–Crippen MR) is 167 cm³/mol. The second-order valence-electron chi connectivity index (χ2n) is 12.7. The fraction of sp³-hybridized carbons (Fsp3) is 0.529. The van der Waals surface area contributed by atoms with Crippen LogP contribution in [0.1, 0.15) is 82.1 Å². The molecule has 2 aromatic carbocycles. The summed E-state index contributed by atoms with van der Waals surface area (Å²) in [6, 6.07) is 16.0. The van der Waals surface area contributed by atoms with Crippen molar-refractivity contribution in [3.63, 3.8) is 0 Å². The lowest BCUT2D eigenvalue weighted by molar-refractivity contribution is -0.145. The van der Waals surface area contributed by atoms with Crippen LogP contribution < -0.4 is 15.5 Å². The predicted octanol–water partition coefficient (Wildman–Crippen LogP) is 5.84. The van der Waals surface area contributed by atoms with Gasteiger partial charge in [0.2, 0.25) is 17.8 Å².